The molecule has 1 fully saturated rings. The van der Waals surface area contributed by atoms with Gasteiger partial charge >= 0.3 is 6.18 Å². The highest BCUT2D eigenvalue weighted by molar-refractivity contribution is 5.94. The zero-order valence-electron chi connectivity index (χ0n) is 14.6. The van der Waals surface area contributed by atoms with Gasteiger partial charge in [0.05, 0.1) is 24.3 Å². The smallest absolute Gasteiger partial charge is 0.378 e. The highest BCUT2D eigenvalue weighted by Gasteiger charge is 2.30. The van der Waals surface area contributed by atoms with Crippen molar-refractivity contribution in [1.82, 2.24) is 9.88 Å². The molecular weight excluding hydrogens is 359 g/mol. The number of anilines is 1. The Labute approximate surface area is 155 Å². The summed E-state index contributed by atoms with van der Waals surface area (Å²) in [6.07, 6.45) is -2.40. The van der Waals surface area contributed by atoms with E-state index in [4.69, 9.17) is 4.74 Å². The third-order valence-corrected chi connectivity index (χ3v) is 4.28. The second-order valence-electron chi connectivity index (χ2n) is 6.21. The van der Waals surface area contributed by atoms with Gasteiger partial charge in [0, 0.05) is 25.8 Å². The topological polar surface area (TPSA) is 54.5 Å². The number of hydrogen-bond acceptors (Lipinski definition) is 4. The Morgan fingerprint density at radius 2 is 1.96 bits per heavy atom. The van der Waals surface area contributed by atoms with Crippen LogP contribution >= 0.6 is 0 Å². The minimum absolute atomic E-state index is 0.0821. The van der Waals surface area contributed by atoms with Crippen LogP contribution in [0.4, 0.5) is 19.0 Å². The number of carbonyl (C=O) groups is 1. The van der Waals surface area contributed by atoms with Crippen LogP contribution in [0.3, 0.4) is 0 Å². The molecule has 5 nitrogen and oxygen atoms in total. The Bertz CT molecular complexity index is 773. The molecule has 1 amide bonds. The van der Waals surface area contributed by atoms with Gasteiger partial charge in [-0.2, -0.15) is 13.2 Å². The van der Waals surface area contributed by atoms with Crippen LogP contribution in [0.5, 0.6) is 0 Å². The van der Waals surface area contributed by atoms with Crippen LogP contribution < -0.4 is 5.32 Å². The predicted octanol–water partition coefficient (Wildman–Crippen LogP) is 3.23. The average molecular weight is 379 g/mol. The first-order chi connectivity index (χ1) is 12.9. The predicted molar refractivity (Wildman–Crippen MR) is 94.6 cm³/mol. The van der Waals surface area contributed by atoms with E-state index in [9.17, 15) is 18.0 Å². The maximum Gasteiger partial charge on any atom is 0.416 e. The molecule has 2 aromatic rings. The number of pyridine rings is 1. The van der Waals surface area contributed by atoms with Crippen molar-refractivity contribution in [2.45, 2.75) is 12.6 Å². The van der Waals surface area contributed by atoms with Crippen LogP contribution in [0.2, 0.25) is 0 Å². The van der Waals surface area contributed by atoms with Gasteiger partial charge in [-0.1, -0.05) is 18.2 Å². The van der Waals surface area contributed by atoms with Crippen LogP contribution in [0.25, 0.3) is 0 Å². The van der Waals surface area contributed by atoms with E-state index in [1.165, 1.54) is 12.3 Å². The van der Waals surface area contributed by atoms with Crippen molar-refractivity contribution in [2.24, 2.45) is 0 Å². The normalized spacial score (nSPS) is 14.9. The molecule has 1 aromatic carbocycles. The number of alkyl halides is 3. The molecule has 0 spiro atoms. The van der Waals surface area contributed by atoms with Gasteiger partial charge < -0.3 is 15.0 Å². The summed E-state index contributed by atoms with van der Waals surface area (Å²) < 4.78 is 43.4. The Kier molecular flexibility index (Phi) is 5.95. The molecule has 0 unspecified atom stereocenters. The van der Waals surface area contributed by atoms with Gasteiger partial charge in [-0.15, -0.1) is 0 Å². The molecule has 1 aromatic heterocycles. The number of aromatic nitrogens is 1. The van der Waals surface area contributed by atoms with E-state index in [2.05, 4.69) is 10.3 Å². The summed E-state index contributed by atoms with van der Waals surface area (Å²) in [6, 6.07) is 8.66. The molecule has 1 N–H and O–H groups in total. The maximum atomic E-state index is 12.7. The summed E-state index contributed by atoms with van der Waals surface area (Å²) in [5.74, 6) is 0.488. The molecule has 3 rings (SSSR count). The second kappa shape index (κ2) is 8.39. The first kappa shape index (κ1) is 19.2. The largest absolute Gasteiger partial charge is 0.416 e. The summed E-state index contributed by atoms with van der Waals surface area (Å²) >= 11 is 0. The van der Waals surface area contributed by atoms with E-state index in [0.717, 1.165) is 12.1 Å². The van der Waals surface area contributed by atoms with Gasteiger partial charge in [-0.25, -0.2) is 4.98 Å². The fourth-order valence-electron chi connectivity index (χ4n) is 2.81. The van der Waals surface area contributed by atoms with Crippen molar-refractivity contribution in [3.8, 4) is 0 Å². The lowest BCUT2D eigenvalue weighted by atomic mass is 10.1. The molecule has 144 valence electrons. The van der Waals surface area contributed by atoms with Gasteiger partial charge in [0.15, 0.2) is 0 Å². The Hall–Kier alpha value is -2.61. The van der Waals surface area contributed by atoms with Crippen molar-refractivity contribution >= 4 is 11.7 Å². The lowest BCUT2D eigenvalue weighted by molar-refractivity contribution is -0.137. The first-order valence-corrected chi connectivity index (χ1v) is 8.66. The highest BCUT2D eigenvalue weighted by Crippen LogP contribution is 2.29. The number of rotatable bonds is 5. The molecule has 1 saturated heterocycles. The third kappa shape index (κ3) is 5.19. The molecule has 1 aliphatic rings. The summed E-state index contributed by atoms with van der Waals surface area (Å²) in [5, 5.41) is 3.06. The van der Waals surface area contributed by atoms with Gasteiger partial charge in [0.1, 0.15) is 5.82 Å². The molecule has 27 heavy (non-hydrogen) atoms. The molecule has 0 atom stereocenters. The van der Waals surface area contributed by atoms with Gasteiger partial charge in [0.25, 0.3) is 5.91 Å². The van der Waals surface area contributed by atoms with Crippen molar-refractivity contribution < 1.29 is 22.7 Å². The lowest BCUT2D eigenvalue weighted by Gasteiger charge is -2.26. The summed E-state index contributed by atoms with van der Waals surface area (Å²) in [6.45, 7) is 2.64. The average Bonchev–Trinajstić information content (AvgIpc) is 2.68. The van der Waals surface area contributed by atoms with Crippen LogP contribution in [0, 0.1) is 0 Å². The Morgan fingerprint density at radius 3 is 2.63 bits per heavy atom. The number of morpholine rings is 1. The van der Waals surface area contributed by atoms with E-state index < -0.39 is 11.7 Å². The SMILES string of the molecule is O=C(c1ccc(NCCc2cccc(C(F)(F)F)c2)nc1)N1CCOCC1. The number of amides is 1. The van der Waals surface area contributed by atoms with E-state index in [0.29, 0.717) is 56.2 Å². The molecule has 1 aliphatic heterocycles. The number of carbonyl (C=O) groups excluding carboxylic acids is 1. The third-order valence-electron chi connectivity index (χ3n) is 4.28. The highest BCUT2D eigenvalue weighted by atomic mass is 19.4. The number of nitrogens with zero attached hydrogens (tertiary/aromatic N) is 2. The fraction of sp³-hybridized carbons (Fsp3) is 0.368. The molecule has 8 heteroatoms. The van der Waals surface area contributed by atoms with E-state index in [-0.39, 0.29) is 5.91 Å². The number of nitrogens with one attached hydrogen (secondary N) is 1. The summed E-state index contributed by atoms with van der Waals surface area (Å²) in [4.78, 5) is 18.3. The zero-order chi connectivity index (χ0) is 19.3. The number of ether oxygens (including phenoxy) is 1. The van der Waals surface area contributed by atoms with Gasteiger partial charge in [-0.05, 0) is 30.2 Å². The van der Waals surface area contributed by atoms with Crippen LogP contribution in [0.1, 0.15) is 21.5 Å². The van der Waals surface area contributed by atoms with Crippen molar-refractivity contribution in [1.29, 1.82) is 0 Å². The Balaban J connectivity index is 1.52. The van der Waals surface area contributed by atoms with Crippen molar-refractivity contribution in [3.63, 3.8) is 0 Å². The molecule has 0 radical (unpaired) electrons. The summed E-state index contributed by atoms with van der Waals surface area (Å²) in [5.41, 5.74) is 0.445. The molecule has 0 saturated carbocycles. The fourth-order valence-corrected chi connectivity index (χ4v) is 2.81. The quantitative estimate of drug-likeness (QED) is 0.867. The Morgan fingerprint density at radius 1 is 1.19 bits per heavy atom. The molecule has 2 heterocycles. The standard InChI is InChI=1S/C19H20F3N3O2/c20-19(21,22)16-3-1-2-14(12-16)6-7-23-17-5-4-15(13-24-17)18(26)25-8-10-27-11-9-25/h1-5,12-13H,6-11H2,(H,23,24). The number of benzene rings is 1. The molecule has 0 aliphatic carbocycles. The van der Waals surface area contributed by atoms with E-state index in [1.54, 1.807) is 23.1 Å². The first-order valence-electron chi connectivity index (χ1n) is 8.66. The van der Waals surface area contributed by atoms with Crippen molar-refractivity contribution in [2.75, 3.05) is 38.2 Å². The van der Waals surface area contributed by atoms with Gasteiger partial charge in [0.2, 0.25) is 0 Å². The minimum atomic E-state index is -4.34. The molecular formula is C19H20F3N3O2. The lowest BCUT2D eigenvalue weighted by Crippen LogP contribution is -2.40. The minimum Gasteiger partial charge on any atom is -0.378 e. The zero-order valence-corrected chi connectivity index (χ0v) is 14.6. The molecule has 0 bridgehead atoms. The van der Waals surface area contributed by atoms with Crippen LogP contribution in [-0.4, -0.2) is 48.6 Å². The monoisotopic (exact) mass is 379 g/mol. The van der Waals surface area contributed by atoms with Gasteiger partial charge in [-0.3, -0.25) is 4.79 Å². The van der Waals surface area contributed by atoms with E-state index in [1.807, 2.05) is 0 Å². The van der Waals surface area contributed by atoms with Crippen LogP contribution in [-0.2, 0) is 17.3 Å². The number of halogens is 3. The second-order valence-corrected chi connectivity index (χ2v) is 6.21. The van der Waals surface area contributed by atoms with Crippen LogP contribution in [0.15, 0.2) is 42.6 Å². The summed E-state index contributed by atoms with van der Waals surface area (Å²) in [7, 11) is 0. The number of hydrogen-bond donors (Lipinski definition) is 1. The van der Waals surface area contributed by atoms with Crippen molar-refractivity contribution in [3.05, 3.63) is 59.3 Å². The van der Waals surface area contributed by atoms with E-state index >= 15 is 0 Å². The maximum absolute atomic E-state index is 12.7.